The Hall–Kier alpha value is -1.65. The minimum Gasteiger partial charge on any atom is -0.463 e. The van der Waals surface area contributed by atoms with E-state index in [0.717, 1.165) is 5.57 Å². The van der Waals surface area contributed by atoms with Crippen molar-refractivity contribution >= 4 is 5.97 Å². The van der Waals surface area contributed by atoms with E-state index in [9.17, 15) is 9.90 Å². The minimum absolute atomic E-state index is 0.0287. The molecule has 4 rings (SSSR count). The number of carbonyl (C=O) groups is 1. The molecule has 2 bridgehead atoms. The van der Waals surface area contributed by atoms with Crippen molar-refractivity contribution in [2.24, 2.45) is 11.8 Å². The lowest BCUT2D eigenvalue weighted by Gasteiger charge is -2.43. The zero-order chi connectivity index (χ0) is 14.7. The third-order valence-corrected chi connectivity index (χ3v) is 4.89. The minimum atomic E-state index is -0.638. The van der Waals surface area contributed by atoms with E-state index in [-0.39, 0.29) is 30.0 Å². The van der Waals surface area contributed by atoms with Gasteiger partial charge >= 0.3 is 5.97 Å². The summed E-state index contributed by atoms with van der Waals surface area (Å²) in [6.45, 7) is 3.85. The number of ether oxygens (including phenoxy) is 2. The van der Waals surface area contributed by atoms with Gasteiger partial charge in [-0.1, -0.05) is 24.3 Å². The summed E-state index contributed by atoms with van der Waals surface area (Å²) in [4.78, 5) is 12.2. The number of esters is 1. The summed E-state index contributed by atoms with van der Waals surface area (Å²) in [6, 6.07) is 8.16. The van der Waals surface area contributed by atoms with Crippen LogP contribution in [0, 0.1) is 11.8 Å². The van der Waals surface area contributed by atoms with Gasteiger partial charge in [-0.25, -0.2) is 4.79 Å². The summed E-state index contributed by atoms with van der Waals surface area (Å²) in [5.74, 6) is -0.152. The highest BCUT2D eigenvalue weighted by Crippen LogP contribution is 2.67. The molecule has 4 heteroatoms. The van der Waals surface area contributed by atoms with Crippen molar-refractivity contribution in [2.75, 3.05) is 6.61 Å². The zero-order valence-corrected chi connectivity index (χ0v) is 12.1. The molecule has 0 aromatic heterocycles. The third kappa shape index (κ3) is 1.54. The maximum absolute atomic E-state index is 12.2. The Bertz CT molecular complexity index is 646. The van der Waals surface area contributed by atoms with Crippen molar-refractivity contribution in [2.45, 2.75) is 32.2 Å². The lowest BCUT2D eigenvalue weighted by atomic mass is 9.59. The van der Waals surface area contributed by atoms with Gasteiger partial charge in [0.05, 0.1) is 24.9 Å². The summed E-state index contributed by atoms with van der Waals surface area (Å²) in [7, 11) is 0. The number of carbonyl (C=O) groups excluding carboxylic acids is 1. The number of fused-ring (bicyclic) bond motifs is 8. The van der Waals surface area contributed by atoms with Gasteiger partial charge in [0.1, 0.15) is 0 Å². The van der Waals surface area contributed by atoms with Crippen LogP contribution in [0.3, 0.4) is 0 Å². The van der Waals surface area contributed by atoms with Gasteiger partial charge in [-0.3, -0.25) is 0 Å². The van der Waals surface area contributed by atoms with Gasteiger partial charge < -0.3 is 14.6 Å². The Morgan fingerprint density at radius 3 is 2.48 bits per heavy atom. The van der Waals surface area contributed by atoms with E-state index in [2.05, 4.69) is 12.1 Å². The van der Waals surface area contributed by atoms with Crippen LogP contribution in [0.15, 0.2) is 35.4 Å². The second-order valence-corrected chi connectivity index (χ2v) is 5.92. The van der Waals surface area contributed by atoms with Crippen LogP contribution in [0.2, 0.25) is 0 Å². The van der Waals surface area contributed by atoms with Crippen molar-refractivity contribution in [3.8, 4) is 0 Å². The number of hydrogen-bond donors (Lipinski definition) is 1. The normalized spacial score (nSPS) is 33.3. The maximum Gasteiger partial charge on any atom is 0.334 e. The van der Waals surface area contributed by atoms with Crippen LogP contribution in [0.1, 0.15) is 37.2 Å². The summed E-state index contributed by atoms with van der Waals surface area (Å²) >= 11 is 0. The second kappa shape index (κ2) is 4.42. The van der Waals surface area contributed by atoms with Crippen molar-refractivity contribution in [3.05, 3.63) is 46.5 Å². The first-order chi connectivity index (χ1) is 10.1. The molecule has 0 spiro atoms. The predicted octanol–water partition coefficient (Wildman–Crippen LogP) is 2.30. The van der Waals surface area contributed by atoms with E-state index in [4.69, 9.17) is 9.47 Å². The van der Waals surface area contributed by atoms with Crippen LogP contribution in [-0.2, 0) is 14.3 Å². The van der Waals surface area contributed by atoms with E-state index >= 15 is 0 Å². The number of rotatable bonds is 3. The first kappa shape index (κ1) is 13.0. The van der Waals surface area contributed by atoms with Crippen LogP contribution < -0.4 is 0 Å². The summed E-state index contributed by atoms with van der Waals surface area (Å²) < 4.78 is 11.3. The molecule has 110 valence electrons. The molecule has 1 fully saturated rings. The van der Waals surface area contributed by atoms with Crippen LogP contribution in [0.5, 0.6) is 0 Å². The average molecular weight is 286 g/mol. The van der Waals surface area contributed by atoms with Gasteiger partial charge in [-0.2, -0.15) is 0 Å². The van der Waals surface area contributed by atoms with Gasteiger partial charge in [-0.05, 0) is 30.5 Å². The topological polar surface area (TPSA) is 55.8 Å². The molecule has 4 nitrogen and oxygen atoms in total. The smallest absolute Gasteiger partial charge is 0.334 e. The Morgan fingerprint density at radius 2 is 1.90 bits per heavy atom. The summed E-state index contributed by atoms with van der Waals surface area (Å²) in [6.07, 6.45) is -0.738. The Kier molecular flexibility index (Phi) is 2.75. The predicted molar refractivity (Wildman–Crippen MR) is 75.3 cm³/mol. The first-order valence-electron chi connectivity index (χ1n) is 7.48. The number of aliphatic hydroxyl groups is 1. The standard InChI is InChI=1S/C17H18O4/c1-3-20-17(19)14-11(8(2)18)12-13(14)16-10-7-5-4-6-9(10)15(12)21-16/h4-8,12-13,15-16,18H,3H2,1-2H3. The van der Waals surface area contributed by atoms with Crippen molar-refractivity contribution in [1.29, 1.82) is 0 Å². The van der Waals surface area contributed by atoms with E-state index in [1.165, 1.54) is 11.1 Å². The fourth-order valence-corrected chi connectivity index (χ4v) is 4.20. The van der Waals surface area contributed by atoms with Gasteiger partial charge in [0.15, 0.2) is 0 Å². The molecule has 2 heterocycles. The molecule has 3 aliphatic rings. The molecule has 1 aromatic rings. The molecule has 0 radical (unpaired) electrons. The van der Waals surface area contributed by atoms with Crippen LogP contribution in [-0.4, -0.2) is 23.8 Å². The maximum atomic E-state index is 12.2. The SMILES string of the molecule is CCOC(=O)C1=C(C(C)O)C2C3OC(c4ccccc43)C12. The van der Waals surface area contributed by atoms with Crippen LogP contribution in [0.4, 0.5) is 0 Å². The number of benzene rings is 1. The molecule has 1 aromatic carbocycles. The summed E-state index contributed by atoms with van der Waals surface area (Å²) in [5, 5.41) is 10.1. The molecule has 5 atom stereocenters. The highest BCUT2D eigenvalue weighted by Gasteiger charge is 2.62. The van der Waals surface area contributed by atoms with Gasteiger partial charge in [0.2, 0.25) is 0 Å². The molecule has 0 amide bonds. The monoisotopic (exact) mass is 286 g/mol. The Balaban J connectivity index is 1.77. The molecule has 1 aliphatic carbocycles. The highest BCUT2D eigenvalue weighted by atomic mass is 16.5. The van der Waals surface area contributed by atoms with Gasteiger partial charge in [0, 0.05) is 17.4 Å². The van der Waals surface area contributed by atoms with Crippen LogP contribution in [0.25, 0.3) is 0 Å². The summed E-state index contributed by atoms with van der Waals surface area (Å²) in [5.41, 5.74) is 3.82. The lowest BCUT2D eigenvalue weighted by molar-refractivity contribution is -0.140. The quantitative estimate of drug-likeness (QED) is 0.866. The van der Waals surface area contributed by atoms with Crippen molar-refractivity contribution in [3.63, 3.8) is 0 Å². The average Bonchev–Trinajstić information content (AvgIpc) is 2.91. The lowest BCUT2D eigenvalue weighted by Crippen LogP contribution is -2.42. The highest BCUT2D eigenvalue weighted by molar-refractivity contribution is 5.93. The second-order valence-electron chi connectivity index (χ2n) is 5.92. The molecule has 1 saturated heterocycles. The molecular weight excluding hydrogens is 268 g/mol. The molecule has 0 saturated carbocycles. The van der Waals surface area contributed by atoms with Gasteiger partial charge in [-0.15, -0.1) is 0 Å². The Morgan fingerprint density at radius 1 is 1.29 bits per heavy atom. The molecule has 5 unspecified atom stereocenters. The zero-order valence-electron chi connectivity index (χ0n) is 12.1. The molecule has 1 N–H and O–H groups in total. The third-order valence-electron chi connectivity index (χ3n) is 4.89. The Labute approximate surface area is 123 Å². The number of aliphatic hydroxyl groups excluding tert-OH is 1. The van der Waals surface area contributed by atoms with E-state index in [1.54, 1.807) is 13.8 Å². The van der Waals surface area contributed by atoms with E-state index in [0.29, 0.717) is 12.2 Å². The van der Waals surface area contributed by atoms with E-state index < -0.39 is 6.10 Å². The van der Waals surface area contributed by atoms with E-state index in [1.807, 2.05) is 12.1 Å². The fourth-order valence-electron chi connectivity index (χ4n) is 4.20. The first-order valence-corrected chi connectivity index (χ1v) is 7.48. The molecule has 2 aliphatic heterocycles. The van der Waals surface area contributed by atoms with Crippen molar-refractivity contribution in [1.82, 2.24) is 0 Å². The largest absolute Gasteiger partial charge is 0.463 e. The van der Waals surface area contributed by atoms with Crippen LogP contribution >= 0.6 is 0 Å². The molecular formula is C17H18O4. The molecule has 21 heavy (non-hydrogen) atoms. The fraction of sp³-hybridized carbons (Fsp3) is 0.471. The number of hydrogen-bond acceptors (Lipinski definition) is 4. The van der Waals surface area contributed by atoms with Crippen molar-refractivity contribution < 1.29 is 19.4 Å². The van der Waals surface area contributed by atoms with Gasteiger partial charge in [0.25, 0.3) is 0 Å².